The third-order valence-corrected chi connectivity index (χ3v) is 4.41. The van der Waals surface area contributed by atoms with E-state index in [9.17, 15) is 0 Å². The first-order valence-electron chi connectivity index (χ1n) is 6.88. The summed E-state index contributed by atoms with van der Waals surface area (Å²) in [7, 11) is 0. The summed E-state index contributed by atoms with van der Waals surface area (Å²) in [6.07, 6.45) is 1.96. The van der Waals surface area contributed by atoms with E-state index in [0.29, 0.717) is 10.0 Å². The van der Waals surface area contributed by atoms with Gasteiger partial charge in [0, 0.05) is 24.3 Å². The van der Waals surface area contributed by atoms with Crippen molar-refractivity contribution in [1.29, 1.82) is 0 Å². The van der Waals surface area contributed by atoms with E-state index in [1.807, 2.05) is 24.4 Å². The fraction of sp³-hybridized carbons (Fsp3) is 0.176. The number of benzene rings is 2. The molecule has 0 spiro atoms. The minimum atomic E-state index is 0.208. The van der Waals surface area contributed by atoms with Crippen LogP contribution < -0.4 is 5.32 Å². The second-order valence-electron chi connectivity index (χ2n) is 5.18. The summed E-state index contributed by atoms with van der Waals surface area (Å²) in [5.41, 5.74) is 3.54. The van der Waals surface area contributed by atoms with E-state index in [1.165, 1.54) is 10.9 Å². The molecule has 1 unspecified atom stereocenters. The molecule has 0 aliphatic carbocycles. The van der Waals surface area contributed by atoms with Gasteiger partial charge in [0.1, 0.15) is 0 Å². The lowest BCUT2D eigenvalue weighted by atomic mass is 10.1. The number of halogens is 2. The van der Waals surface area contributed by atoms with Crippen LogP contribution in [0.5, 0.6) is 0 Å². The third-order valence-electron chi connectivity index (χ3n) is 3.68. The molecule has 4 heteroatoms. The van der Waals surface area contributed by atoms with E-state index >= 15 is 0 Å². The first kappa shape index (κ1) is 14.5. The molecule has 0 saturated heterocycles. The summed E-state index contributed by atoms with van der Waals surface area (Å²) >= 11 is 12.0. The Kier molecular flexibility index (Phi) is 4.20. The average Bonchev–Trinajstić information content (AvgIpc) is 2.95. The molecule has 0 saturated carbocycles. The Labute approximate surface area is 134 Å². The number of fused-ring (bicyclic) bond motifs is 1. The van der Waals surface area contributed by atoms with Crippen LogP contribution in [0, 0.1) is 0 Å². The van der Waals surface area contributed by atoms with Crippen LogP contribution >= 0.6 is 23.2 Å². The van der Waals surface area contributed by atoms with E-state index in [1.54, 1.807) is 0 Å². The van der Waals surface area contributed by atoms with Gasteiger partial charge in [0.2, 0.25) is 0 Å². The zero-order valence-corrected chi connectivity index (χ0v) is 13.2. The minimum absolute atomic E-state index is 0.208. The minimum Gasteiger partial charge on any atom is -0.361 e. The lowest BCUT2D eigenvalue weighted by Gasteiger charge is -2.15. The van der Waals surface area contributed by atoms with Crippen molar-refractivity contribution in [2.75, 3.05) is 0 Å². The maximum absolute atomic E-state index is 6.06. The summed E-state index contributed by atoms with van der Waals surface area (Å²) < 4.78 is 0. The second-order valence-corrected chi connectivity index (χ2v) is 5.99. The molecule has 3 aromatic rings. The Morgan fingerprint density at radius 3 is 2.71 bits per heavy atom. The molecule has 21 heavy (non-hydrogen) atoms. The number of rotatable bonds is 4. The van der Waals surface area contributed by atoms with Crippen LogP contribution in [0.4, 0.5) is 0 Å². The van der Waals surface area contributed by atoms with Gasteiger partial charge in [-0.1, -0.05) is 41.4 Å². The van der Waals surface area contributed by atoms with Crippen molar-refractivity contribution in [3.05, 3.63) is 69.8 Å². The third kappa shape index (κ3) is 3.24. The van der Waals surface area contributed by atoms with Gasteiger partial charge in [0.25, 0.3) is 0 Å². The fourth-order valence-electron chi connectivity index (χ4n) is 2.38. The molecule has 0 bridgehead atoms. The van der Waals surface area contributed by atoms with Crippen LogP contribution in [0.1, 0.15) is 24.1 Å². The SMILES string of the molecule is CC(NCc1ccc2cc[nH]c2c1)c1ccc(Cl)c(Cl)c1. The average molecular weight is 319 g/mol. The summed E-state index contributed by atoms with van der Waals surface area (Å²) in [5.74, 6) is 0. The zero-order valence-electron chi connectivity index (χ0n) is 11.7. The number of aromatic amines is 1. The number of hydrogen-bond acceptors (Lipinski definition) is 1. The molecule has 2 N–H and O–H groups in total. The lowest BCUT2D eigenvalue weighted by molar-refractivity contribution is 0.575. The molecule has 0 radical (unpaired) electrons. The first-order valence-corrected chi connectivity index (χ1v) is 7.63. The van der Waals surface area contributed by atoms with E-state index in [-0.39, 0.29) is 6.04 Å². The maximum atomic E-state index is 6.06. The van der Waals surface area contributed by atoms with Crippen molar-refractivity contribution in [1.82, 2.24) is 10.3 Å². The van der Waals surface area contributed by atoms with Crippen LogP contribution in [0.3, 0.4) is 0 Å². The van der Waals surface area contributed by atoms with Crippen LogP contribution in [0.15, 0.2) is 48.7 Å². The quantitative estimate of drug-likeness (QED) is 0.669. The molecule has 2 aromatic carbocycles. The normalized spacial score (nSPS) is 12.7. The van der Waals surface area contributed by atoms with E-state index in [0.717, 1.165) is 17.6 Å². The molecule has 1 heterocycles. The molecule has 108 valence electrons. The number of hydrogen-bond donors (Lipinski definition) is 2. The van der Waals surface area contributed by atoms with Crippen molar-refractivity contribution < 1.29 is 0 Å². The van der Waals surface area contributed by atoms with Crippen LogP contribution in [0.2, 0.25) is 10.0 Å². The molecule has 0 amide bonds. The molecular formula is C17H16Cl2N2. The Balaban J connectivity index is 1.69. The van der Waals surface area contributed by atoms with Gasteiger partial charge in [0.05, 0.1) is 10.0 Å². The predicted octanol–water partition coefficient (Wildman–Crippen LogP) is 5.33. The van der Waals surface area contributed by atoms with Gasteiger partial charge in [-0.25, -0.2) is 0 Å². The van der Waals surface area contributed by atoms with Crippen molar-refractivity contribution >= 4 is 34.1 Å². The summed E-state index contributed by atoms with van der Waals surface area (Å²) in [6.45, 7) is 2.92. The smallest absolute Gasteiger partial charge is 0.0595 e. The number of nitrogens with one attached hydrogen (secondary N) is 2. The van der Waals surface area contributed by atoms with Crippen molar-refractivity contribution in [2.45, 2.75) is 19.5 Å². The van der Waals surface area contributed by atoms with Gasteiger partial charge in [-0.05, 0) is 47.7 Å². The summed E-state index contributed by atoms with van der Waals surface area (Å²) in [5, 5.41) is 5.92. The number of H-pyrrole nitrogens is 1. The standard InChI is InChI=1S/C17H16Cl2N2/c1-11(14-4-5-15(18)16(19)9-14)21-10-12-2-3-13-6-7-20-17(13)8-12/h2-9,11,20-21H,10H2,1H3. The highest BCUT2D eigenvalue weighted by atomic mass is 35.5. The highest BCUT2D eigenvalue weighted by molar-refractivity contribution is 6.42. The Morgan fingerprint density at radius 2 is 1.90 bits per heavy atom. The Hall–Kier alpha value is -1.48. The van der Waals surface area contributed by atoms with Gasteiger partial charge in [-0.2, -0.15) is 0 Å². The molecule has 1 atom stereocenters. The zero-order chi connectivity index (χ0) is 14.8. The predicted molar refractivity (Wildman–Crippen MR) is 90.0 cm³/mol. The van der Waals surface area contributed by atoms with Gasteiger partial charge >= 0.3 is 0 Å². The van der Waals surface area contributed by atoms with Crippen LogP contribution in [-0.2, 0) is 6.54 Å². The highest BCUT2D eigenvalue weighted by Crippen LogP contribution is 2.25. The maximum Gasteiger partial charge on any atom is 0.0595 e. The largest absolute Gasteiger partial charge is 0.361 e. The van der Waals surface area contributed by atoms with Crippen molar-refractivity contribution in [3.63, 3.8) is 0 Å². The van der Waals surface area contributed by atoms with Crippen LogP contribution in [0.25, 0.3) is 10.9 Å². The summed E-state index contributed by atoms with van der Waals surface area (Å²) in [4.78, 5) is 3.23. The van der Waals surface area contributed by atoms with Gasteiger partial charge in [0.15, 0.2) is 0 Å². The van der Waals surface area contributed by atoms with E-state index in [2.05, 4.69) is 41.5 Å². The molecule has 1 aromatic heterocycles. The second kappa shape index (κ2) is 6.10. The lowest BCUT2D eigenvalue weighted by Crippen LogP contribution is -2.18. The van der Waals surface area contributed by atoms with Gasteiger partial charge in [-0.15, -0.1) is 0 Å². The highest BCUT2D eigenvalue weighted by Gasteiger charge is 2.07. The van der Waals surface area contributed by atoms with Gasteiger partial charge in [-0.3, -0.25) is 0 Å². The van der Waals surface area contributed by atoms with Crippen molar-refractivity contribution in [2.24, 2.45) is 0 Å². The van der Waals surface area contributed by atoms with Gasteiger partial charge < -0.3 is 10.3 Å². The molecule has 2 nitrogen and oxygen atoms in total. The van der Waals surface area contributed by atoms with Crippen LogP contribution in [-0.4, -0.2) is 4.98 Å². The molecule has 0 aliphatic rings. The molecule has 0 fully saturated rings. The Morgan fingerprint density at radius 1 is 1.05 bits per heavy atom. The Bertz CT molecular complexity index is 764. The van der Waals surface area contributed by atoms with E-state index in [4.69, 9.17) is 23.2 Å². The summed E-state index contributed by atoms with van der Waals surface area (Å²) in [6, 6.07) is 14.5. The molecule has 3 rings (SSSR count). The number of aromatic nitrogens is 1. The first-order chi connectivity index (χ1) is 10.1. The molecular weight excluding hydrogens is 303 g/mol. The topological polar surface area (TPSA) is 27.8 Å². The van der Waals surface area contributed by atoms with Crippen molar-refractivity contribution in [3.8, 4) is 0 Å². The monoisotopic (exact) mass is 318 g/mol. The fourth-order valence-corrected chi connectivity index (χ4v) is 2.68. The molecule has 0 aliphatic heterocycles. The van der Waals surface area contributed by atoms with E-state index < -0.39 is 0 Å².